The number of aliphatic hydroxyl groups excluding tert-OH is 1. The van der Waals surface area contributed by atoms with Crippen LogP contribution in [0, 0.1) is 5.41 Å². The molecule has 2 rings (SSSR count). The third-order valence-corrected chi connectivity index (χ3v) is 3.63. The average Bonchev–Trinajstić information content (AvgIpc) is 2.53. The summed E-state index contributed by atoms with van der Waals surface area (Å²) in [4.78, 5) is 6.83. The predicted molar refractivity (Wildman–Crippen MR) is 90.3 cm³/mol. The maximum atomic E-state index is 9.42. The average molecular weight is 339 g/mol. The molecule has 0 saturated heterocycles. The number of halogens is 1. The third-order valence-electron chi connectivity index (χ3n) is 3.31. The van der Waals surface area contributed by atoms with Gasteiger partial charge in [-0.2, -0.15) is 0 Å². The molecule has 23 heavy (non-hydrogen) atoms. The number of rotatable bonds is 4. The molecule has 8 nitrogen and oxygen atoms in total. The molecule has 1 aromatic carbocycles. The van der Waals surface area contributed by atoms with E-state index in [1.165, 1.54) is 23.2 Å². The Morgan fingerprint density at radius 3 is 2.65 bits per heavy atom. The molecule has 7 N–H and O–H groups in total. The molecule has 1 aliphatic rings. The Bertz CT molecular complexity index is 631. The minimum Gasteiger partial charge on any atom is -0.508 e. The zero-order chi connectivity index (χ0) is 17.0. The maximum absolute atomic E-state index is 9.42. The number of aliphatic hydroxyl groups is 1. The molecular formula is C14H19ClN6O2. The monoisotopic (exact) mass is 338 g/mol. The van der Waals surface area contributed by atoms with E-state index in [1.54, 1.807) is 17.0 Å². The van der Waals surface area contributed by atoms with Crippen molar-refractivity contribution in [2.24, 2.45) is 16.5 Å². The fourth-order valence-electron chi connectivity index (χ4n) is 2.14. The van der Waals surface area contributed by atoms with E-state index >= 15 is 0 Å². The molecule has 0 amide bonds. The van der Waals surface area contributed by atoms with Crippen LogP contribution in [0.2, 0.25) is 0 Å². The van der Waals surface area contributed by atoms with Crippen LogP contribution in [0.4, 0.5) is 5.69 Å². The standard InChI is InChI=1S/C14H19ClN6O2/c15-12-13(17)21(11(16)8-19-12)14(18)20(6-1-7-22)9-2-4-10(23)5-3-9/h2-5,8,13,18,22-23H,1,6-7,16-17H2. The van der Waals surface area contributed by atoms with Crippen molar-refractivity contribution < 1.29 is 10.2 Å². The van der Waals surface area contributed by atoms with Crippen LogP contribution in [-0.2, 0) is 0 Å². The third kappa shape index (κ3) is 3.73. The Balaban J connectivity index is 2.31. The van der Waals surface area contributed by atoms with Gasteiger partial charge in [0.05, 0.1) is 6.20 Å². The minimum absolute atomic E-state index is 0.00144. The van der Waals surface area contributed by atoms with Gasteiger partial charge in [0.1, 0.15) is 22.9 Å². The Hall–Kier alpha value is -2.29. The predicted octanol–water partition coefficient (Wildman–Crippen LogP) is 0.511. The van der Waals surface area contributed by atoms with E-state index in [2.05, 4.69) is 4.99 Å². The number of hydrogen-bond acceptors (Lipinski definition) is 6. The molecule has 1 aliphatic heterocycles. The van der Waals surface area contributed by atoms with Crippen molar-refractivity contribution in [3.8, 4) is 5.75 Å². The molecular weight excluding hydrogens is 320 g/mol. The number of nitrogens with one attached hydrogen (secondary N) is 1. The summed E-state index contributed by atoms with van der Waals surface area (Å²) in [6, 6.07) is 6.34. The lowest BCUT2D eigenvalue weighted by Crippen LogP contribution is -2.56. The zero-order valence-electron chi connectivity index (χ0n) is 12.4. The normalized spacial score (nSPS) is 17.5. The molecule has 124 valence electrons. The second-order valence-corrected chi connectivity index (χ2v) is 5.28. The number of guanidine groups is 1. The number of nitrogens with zero attached hydrogens (tertiary/aromatic N) is 3. The number of nitrogens with two attached hydrogens (primary N) is 2. The van der Waals surface area contributed by atoms with Gasteiger partial charge in [-0.05, 0) is 30.7 Å². The van der Waals surface area contributed by atoms with E-state index in [4.69, 9.17) is 33.6 Å². The van der Waals surface area contributed by atoms with Crippen LogP contribution in [0.3, 0.4) is 0 Å². The van der Waals surface area contributed by atoms with Crippen LogP contribution in [0.1, 0.15) is 6.42 Å². The second kappa shape index (κ2) is 7.32. The van der Waals surface area contributed by atoms with E-state index in [1.807, 2.05) is 0 Å². The number of phenolic OH excluding ortho intramolecular Hbond substituents is 1. The summed E-state index contributed by atoms with van der Waals surface area (Å²) >= 11 is 5.94. The molecule has 0 fully saturated rings. The number of aromatic hydroxyl groups is 1. The van der Waals surface area contributed by atoms with Crippen LogP contribution < -0.4 is 16.4 Å². The van der Waals surface area contributed by atoms with Gasteiger partial charge in [0.25, 0.3) is 0 Å². The van der Waals surface area contributed by atoms with Crippen LogP contribution >= 0.6 is 11.6 Å². The summed E-state index contributed by atoms with van der Waals surface area (Å²) in [5, 5.41) is 27.1. The summed E-state index contributed by atoms with van der Waals surface area (Å²) < 4.78 is 0. The summed E-state index contributed by atoms with van der Waals surface area (Å²) in [5.41, 5.74) is 12.5. The highest BCUT2D eigenvalue weighted by Gasteiger charge is 2.30. The highest BCUT2D eigenvalue weighted by molar-refractivity contribution is 6.66. The topological polar surface area (TPSA) is 135 Å². The van der Waals surface area contributed by atoms with Crippen molar-refractivity contribution in [3.63, 3.8) is 0 Å². The van der Waals surface area contributed by atoms with Crippen LogP contribution in [0.5, 0.6) is 5.75 Å². The van der Waals surface area contributed by atoms with Crippen LogP contribution in [0.25, 0.3) is 0 Å². The fourth-order valence-corrected chi connectivity index (χ4v) is 2.28. The van der Waals surface area contributed by atoms with Gasteiger partial charge >= 0.3 is 0 Å². The van der Waals surface area contributed by atoms with Gasteiger partial charge in [0.15, 0.2) is 0 Å². The Labute approximate surface area is 138 Å². The Kier molecular flexibility index (Phi) is 5.43. The second-order valence-electron chi connectivity index (χ2n) is 4.89. The highest BCUT2D eigenvalue weighted by Crippen LogP contribution is 2.22. The zero-order valence-corrected chi connectivity index (χ0v) is 13.1. The molecule has 0 aromatic heterocycles. The molecule has 1 atom stereocenters. The van der Waals surface area contributed by atoms with Crippen molar-refractivity contribution in [2.45, 2.75) is 12.6 Å². The smallest absolute Gasteiger partial charge is 0.205 e. The molecule has 0 radical (unpaired) electrons. The van der Waals surface area contributed by atoms with Crippen LogP contribution in [-0.4, -0.2) is 45.6 Å². The summed E-state index contributed by atoms with van der Waals surface area (Å²) in [7, 11) is 0. The summed E-state index contributed by atoms with van der Waals surface area (Å²) in [6.07, 6.45) is 0.918. The SMILES string of the molecule is N=C(N(CCCO)c1ccc(O)cc1)N1C(N)=CN=C(Cl)C1N. The molecule has 0 spiro atoms. The van der Waals surface area contributed by atoms with Crippen molar-refractivity contribution in [2.75, 3.05) is 18.1 Å². The first-order valence-electron chi connectivity index (χ1n) is 6.95. The number of benzene rings is 1. The van der Waals surface area contributed by atoms with Gasteiger partial charge in [-0.15, -0.1) is 0 Å². The lowest BCUT2D eigenvalue weighted by atomic mass is 10.2. The first-order valence-corrected chi connectivity index (χ1v) is 7.33. The van der Waals surface area contributed by atoms with E-state index in [-0.39, 0.29) is 29.3 Å². The molecule has 1 heterocycles. The quantitative estimate of drug-likeness (QED) is 0.401. The Morgan fingerprint density at radius 2 is 2.04 bits per heavy atom. The van der Waals surface area contributed by atoms with Crippen molar-refractivity contribution in [3.05, 3.63) is 36.3 Å². The largest absolute Gasteiger partial charge is 0.508 e. The van der Waals surface area contributed by atoms with Gasteiger partial charge in [-0.1, -0.05) is 11.6 Å². The molecule has 1 unspecified atom stereocenters. The van der Waals surface area contributed by atoms with Gasteiger partial charge in [0.2, 0.25) is 5.96 Å². The molecule has 9 heteroatoms. The summed E-state index contributed by atoms with van der Waals surface area (Å²) in [5.74, 6) is 0.310. The van der Waals surface area contributed by atoms with Crippen LogP contribution in [0.15, 0.2) is 41.3 Å². The molecule has 0 saturated carbocycles. The summed E-state index contributed by atoms with van der Waals surface area (Å²) in [6.45, 7) is 0.340. The van der Waals surface area contributed by atoms with Crippen molar-refractivity contribution in [1.29, 1.82) is 5.41 Å². The number of phenols is 1. The maximum Gasteiger partial charge on any atom is 0.205 e. The fraction of sp³-hybridized carbons (Fsp3) is 0.286. The van der Waals surface area contributed by atoms with Gasteiger partial charge in [0, 0.05) is 18.8 Å². The van der Waals surface area contributed by atoms with E-state index in [0.29, 0.717) is 18.7 Å². The van der Waals surface area contributed by atoms with E-state index in [9.17, 15) is 5.11 Å². The highest BCUT2D eigenvalue weighted by atomic mass is 35.5. The first-order chi connectivity index (χ1) is 11.0. The van der Waals surface area contributed by atoms with E-state index in [0.717, 1.165) is 0 Å². The first kappa shape index (κ1) is 17.1. The lowest BCUT2D eigenvalue weighted by Gasteiger charge is -2.37. The van der Waals surface area contributed by atoms with Crippen molar-refractivity contribution >= 4 is 28.4 Å². The molecule has 0 bridgehead atoms. The van der Waals surface area contributed by atoms with Crippen molar-refractivity contribution in [1.82, 2.24) is 4.90 Å². The van der Waals surface area contributed by atoms with Gasteiger partial charge in [-0.3, -0.25) is 10.3 Å². The Morgan fingerprint density at radius 1 is 1.39 bits per heavy atom. The van der Waals surface area contributed by atoms with E-state index < -0.39 is 6.17 Å². The minimum atomic E-state index is -0.858. The van der Waals surface area contributed by atoms with Gasteiger partial charge in [-0.25, -0.2) is 4.99 Å². The van der Waals surface area contributed by atoms with Gasteiger partial charge < -0.3 is 26.6 Å². The number of anilines is 1. The molecule has 1 aromatic rings. The number of hydrogen-bond donors (Lipinski definition) is 5. The number of aliphatic imine (C=N–C) groups is 1. The molecule has 0 aliphatic carbocycles. The lowest BCUT2D eigenvalue weighted by molar-refractivity contribution is 0.290.